The maximum atomic E-state index is 13.1. The normalized spacial score (nSPS) is 11.8. The molecule has 0 aliphatic carbocycles. The van der Waals surface area contributed by atoms with Crippen molar-refractivity contribution in [2.24, 2.45) is 0 Å². The van der Waals surface area contributed by atoms with Crippen molar-refractivity contribution in [3.63, 3.8) is 0 Å². The molecule has 1 amide bonds. The van der Waals surface area contributed by atoms with E-state index in [0.29, 0.717) is 5.56 Å². The first-order valence-electron chi connectivity index (χ1n) is 6.76. The van der Waals surface area contributed by atoms with E-state index in [1.54, 1.807) is 19.2 Å². The minimum absolute atomic E-state index is 0.114. The average Bonchev–Trinajstić information content (AvgIpc) is 2.47. The molecule has 1 atom stereocenters. The zero-order valence-electron chi connectivity index (χ0n) is 12.1. The average molecular weight is 287 g/mol. The Labute approximate surface area is 123 Å². The Balaban J connectivity index is 1.95. The number of hydrogen-bond donors (Lipinski definition) is 1. The Kier molecular flexibility index (Phi) is 4.93. The summed E-state index contributed by atoms with van der Waals surface area (Å²) in [5.74, 6) is 0.310. The van der Waals surface area contributed by atoms with Crippen molar-refractivity contribution >= 4 is 5.91 Å². The van der Waals surface area contributed by atoms with Gasteiger partial charge < -0.3 is 10.1 Å². The zero-order chi connectivity index (χ0) is 15.2. The van der Waals surface area contributed by atoms with Gasteiger partial charge in [-0.25, -0.2) is 4.39 Å². The quantitative estimate of drug-likeness (QED) is 0.916. The van der Waals surface area contributed by atoms with Crippen molar-refractivity contribution in [2.45, 2.75) is 19.4 Å². The number of amides is 1. The van der Waals surface area contributed by atoms with Crippen LogP contribution in [0, 0.1) is 5.82 Å². The van der Waals surface area contributed by atoms with Crippen LogP contribution in [0.25, 0.3) is 0 Å². The van der Waals surface area contributed by atoms with Crippen molar-refractivity contribution in [1.29, 1.82) is 0 Å². The lowest BCUT2D eigenvalue weighted by Crippen LogP contribution is -2.28. The molecule has 21 heavy (non-hydrogen) atoms. The number of methoxy groups -OCH3 is 1. The molecule has 0 saturated carbocycles. The van der Waals surface area contributed by atoms with Gasteiger partial charge in [0, 0.05) is 0 Å². The van der Waals surface area contributed by atoms with E-state index in [4.69, 9.17) is 4.74 Å². The molecule has 0 heterocycles. The highest BCUT2D eigenvalue weighted by atomic mass is 19.1. The Morgan fingerprint density at radius 1 is 1.24 bits per heavy atom. The molecule has 3 nitrogen and oxygen atoms in total. The molecule has 0 aliphatic heterocycles. The zero-order valence-corrected chi connectivity index (χ0v) is 12.1. The maximum Gasteiger partial charge on any atom is 0.224 e. The fourth-order valence-electron chi connectivity index (χ4n) is 2.10. The molecule has 2 aromatic carbocycles. The number of halogens is 1. The molecule has 0 aromatic heterocycles. The van der Waals surface area contributed by atoms with Gasteiger partial charge >= 0.3 is 0 Å². The SMILES string of the molecule is COc1ccc([C@H](C)NC(=O)Cc2cccc(F)c2)cc1. The maximum absolute atomic E-state index is 13.1. The van der Waals surface area contributed by atoms with Crippen molar-refractivity contribution in [3.05, 3.63) is 65.5 Å². The van der Waals surface area contributed by atoms with Crippen molar-refractivity contribution < 1.29 is 13.9 Å². The Morgan fingerprint density at radius 2 is 1.95 bits per heavy atom. The lowest BCUT2D eigenvalue weighted by atomic mass is 10.1. The number of ether oxygens (including phenoxy) is 1. The predicted octanol–water partition coefficient (Wildman–Crippen LogP) is 3.25. The molecular weight excluding hydrogens is 269 g/mol. The monoisotopic (exact) mass is 287 g/mol. The van der Waals surface area contributed by atoms with Gasteiger partial charge in [-0.1, -0.05) is 24.3 Å². The lowest BCUT2D eigenvalue weighted by Gasteiger charge is -2.15. The van der Waals surface area contributed by atoms with Gasteiger partial charge in [0.25, 0.3) is 0 Å². The van der Waals surface area contributed by atoms with E-state index < -0.39 is 0 Å². The highest BCUT2D eigenvalue weighted by Crippen LogP contribution is 2.17. The van der Waals surface area contributed by atoms with Crippen molar-refractivity contribution in [3.8, 4) is 5.75 Å². The number of rotatable bonds is 5. The van der Waals surface area contributed by atoms with Crippen molar-refractivity contribution in [2.75, 3.05) is 7.11 Å². The summed E-state index contributed by atoms with van der Waals surface area (Å²) >= 11 is 0. The molecular formula is C17H18FNO2. The summed E-state index contributed by atoms with van der Waals surface area (Å²) in [6, 6.07) is 13.5. The minimum atomic E-state index is -0.330. The lowest BCUT2D eigenvalue weighted by molar-refractivity contribution is -0.121. The largest absolute Gasteiger partial charge is 0.497 e. The van der Waals surface area contributed by atoms with Crippen LogP contribution in [0.15, 0.2) is 48.5 Å². The predicted molar refractivity (Wildman–Crippen MR) is 79.7 cm³/mol. The third-order valence-corrected chi connectivity index (χ3v) is 3.25. The van der Waals surface area contributed by atoms with Crippen molar-refractivity contribution in [1.82, 2.24) is 5.32 Å². The Morgan fingerprint density at radius 3 is 2.57 bits per heavy atom. The second kappa shape index (κ2) is 6.88. The second-order valence-electron chi connectivity index (χ2n) is 4.87. The molecule has 0 saturated heterocycles. The summed E-state index contributed by atoms with van der Waals surface area (Å²) in [5, 5.41) is 2.90. The van der Waals surface area contributed by atoms with Crippen LogP contribution in [0.2, 0.25) is 0 Å². The highest BCUT2D eigenvalue weighted by molar-refractivity contribution is 5.79. The third kappa shape index (κ3) is 4.31. The summed E-state index contributed by atoms with van der Waals surface area (Å²) in [7, 11) is 1.61. The van der Waals surface area contributed by atoms with E-state index in [1.807, 2.05) is 31.2 Å². The van der Waals surface area contributed by atoms with Gasteiger partial charge in [0.1, 0.15) is 11.6 Å². The first-order valence-corrected chi connectivity index (χ1v) is 6.76. The van der Waals surface area contributed by atoms with Crippen LogP contribution < -0.4 is 10.1 Å². The number of carbonyl (C=O) groups is 1. The summed E-state index contributed by atoms with van der Waals surface area (Å²) in [5.41, 5.74) is 1.65. The van der Waals surface area contributed by atoms with Crippen LogP contribution in [0.1, 0.15) is 24.1 Å². The van der Waals surface area contributed by atoms with Crippen LogP contribution in [0.5, 0.6) is 5.75 Å². The molecule has 4 heteroatoms. The smallest absolute Gasteiger partial charge is 0.224 e. The van der Waals surface area contributed by atoms with Gasteiger partial charge in [-0.05, 0) is 42.3 Å². The van der Waals surface area contributed by atoms with E-state index >= 15 is 0 Å². The van der Waals surface area contributed by atoms with Gasteiger partial charge in [-0.15, -0.1) is 0 Å². The third-order valence-electron chi connectivity index (χ3n) is 3.25. The molecule has 0 spiro atoms. The molecule has 0 unspecified atom stereocenters. The van der Waals surface area contributed by atoms with Gasteiger partial charge in [-0.3, -0.25) is 4.79 Å². The van der Waals surface area contributed by atoms with E-state index in [0.717, 1.165) is 11.3 Å². The molecule has 0 radical (unpaired) electrons. The van der Waals surface area contributed by atoms with Crippen LogP contribution in [-0.4, -0.2) is 13.0 Å². The van der Waals surface area contributed by atoms with Gasteiger partial charge in [-0.2, -0.15) is 0 Å². The Bertz CT molecular complexity index is 610. The molecule has 0 fully saturated rings. The second-order valence-corrected chi connectivity index (χ2v) is 4.87. The number of carbonyl (C=O) groups excluding carboxylic acids is 1. The van der Waals surface area contributed by atoms with Gasteiger partial charge in [0.05, 0.1) is 19.6 Å². The molecule has 110 valence electrons. The van der Waals surface area contributed by atoms with Crippen LogP contribution in [0.3, 0.4) is 0 Å². The van der Waals surface area contributed by atoms with Gasteiger partial charge in [0.15, 0.2) is 0 Å². The molecule has 0 aliphatic rings. The standard InChI is InChI=1S/C17H18FNO2/c1-12(14-6-8-16(21-2)9-7-14)19-17(20)11-13-4-3-5-15(18)10-13/h3-10,12H,11H2,1-2H3,(H,19,20)/t12-/m0/s1. The molecule has 2 rings (SSSR count). The number of hydrogen-bond acceptors (Lipinski definition) is 2. The highest BCUT2D eigenvalue weighted by Gasteiger charge is 2.10. The van der Waals surface area contributed by atoms with E-state index in [2.05, 4.69) is 5.32 Å². The van der Waals surface area contributed by atoms with E-state index in [9.17, 15) is 9.18 Å². The van der Waals surface area contributed by atoms with Crippen LogP contribution in [0.4, 0.5) is 4.39 Å². The first kappa shape index (κ1) is 15.0. The first-order chi connectivity index (χ1) is 10.1. The number of nitrogens with one attached hydrogen (secondary N) is 1. The Hall–Kier alpha value is -2.36. The summed E-state index contributed by atoms with van der Waals surface area (Å²) in [6.45, 7) is 1.91. The fourth-order valence-corrected chi connectivity index (χ4v) is 2.10. The van der Waals surface area contributed by atoms with Gasteiger partial charge in [0.2, 0.25) is 5.91 Å². The van der Waals surface area contributed by atoms with E-state index in [1.165, 1.54) is 12.1 Å². The summed E-state index contributed by atoms with van der Waals surface area (Å²) in [4.78, 5) is 12.0. The fraction of sp³-hybridized carbons (Fsp3) is 0.235. The van der Waals surface area contributed by atoms with Crippen LogP contribution in [-0.2, 0) is 11.2 Å². The van der Waals surface area contributed by atoms with E-state index in [-0.39, 0.29) is 24.2 Å². The molecule has 0 bridgehead atoms. The summed E-state index contributed by atoms with van der Waals surface area (Å²) in [6.07, 6.45) is 0.165. The summed E-state index contributed by atoms with van der Waals surface area (Å²) < 4.78 is 18.2. The molecule has 2 aromatic rings. The number of benzene rings is 2. The topological polar surface area (TPSA) is 38.3 Å². The van der Waals surface area contributed by atoms with Crippen LogP contribution >= 0.6 is 0 Å². The molecule has 1 N–H and O–H groups in total. The minimum Gasteiger partial charge on any atom is -0.497 e.